The molecule has 0 aliphatic rings. The first-order valence-electron chi connectivity index (χ1n) is 9.80. The van der Waals surface area contributed by atoms with Gasteiger partial charge in [-0.3, -0.25) is 5.32 Å². The molecule has 0 saturated carbocycles. The number of carbonyl (C=O) groups is 1. The summed E-state index contributed by atoms with van der Waals surface area (Å²) in [5.74, 6) is 0.724. The van der Waals surface area contributed by atoms with Crippen molar-refractivity contribution in [3.8, 4) is 33.2 Å². The van der Waals surface area contributed by atoms with Gasteiger partial charge in [0.05, 0.1) is 5.56 Å². The van der Waals surface area contributed by atoms with E-state index >= 15 is 0 Å². The normalized spacial score (nSPS) is 11.4. The Labute approximate surface area is 194 Å². The Balaban J connectivity index is 1.84. The lowest BCUT2D eigenvalue weighted by Crippen LogP contribution is -2.28. The van der Waals surface area contributed by atoms with Crippen molar-refractivity contribution in [3.05, 3.63) is 41.5 Å². The number of hydrogen-bond acceptors (Lipinski definition) is 9. The fourth-order valence-electron chi connectivity index (χ4n) is 2.98. The van der Waals surface area contributed by atoms with Gasteiger partial charge in [-0.05, 0) is 19.1 Å². The SMILES string of the molecule is CCNC(=O)Nc1cc(-c2nc(C(F)(F)F)cs2)c(-c2cnc(N)c(-c3nnc(C)o3)c2)cn1. The first-order valence-corrected chi connectivity index (χ1v) is 10.7. The monoisotopic (exact) mass is 490 g/mol. The first-order chi connectivity index (χ1) is 16.2. The topological polar surface area (TPSA) is 145 Å². The second kappa shape index (κ2) is 9.05. The number of halogens is 3. The molecule has 0 fully saturated rings. The summed E-state index contributed by atoms with van der Waals surface area (Å²) >= 11 is 0.810. The molecule has 4 aromatic heterocycles. The van der Waals surface area contributed by atoms with Gasteiger partial charge >= 0.3 is 12.2 Å². The molecular formula is C20H17F3N8O2S. The van der Waals surface area contributed by atoms with E-state index < -0.39 is 17.9 Å². The van der Waals surface area contributed by atoms with Gasteiger partial charge in [-0.25, -0.2) is 19.7 Å². The number of amides is 2. The fourth-order valence-corrected chi connectivity index (χ4v) is 3.84. The lowest BCUT2D eigenvalue weighted by atomic mass is 10.0. The molecule has 0 bridgehead atoms. The minimum absolute atomic E-state index is 0.0793. The molecule has 4 aromatic rings. The van der Waals surface area contributed by atoms with Gasteiger partial charge in [0.15, 0.2) is 5.69 Å². The zero-order valence-electron chi connectivity index (χ0n) is 17.8. The Bertz CT molecular complexity index is 1350. The third-order valence-corrected chi connectivity index (χ3v) is 5.37. The van der Waals surface area contributed by atoms with Gasteiger partial charge in [0.25, 0.3) is 5.89 Å². The summed E-state index contributed by atoms with van der Waals surface area (Å²) in [4.78, 5) is 24.0. The lowest BCUT2D eigenvalue weighted by Gasteiger charge is -2.12. The second-order valence-electron chi connectivity index (χ2n) is 6.92. The van der Waals surface area contributed by atoms with Gasteiger partial charge < -0.3 is 15.5 Å². The molecular weight excluding hydrogens is 473 g/mol. The smallest absolute Gasteiger partial charge is 0.421 e. The van der Waals surface area contributed by atoms with Crippen LogP contribution in [0.3, 0.4) is 0 Å². The number of urea groups is 1. The van der Waals surface area contributed by atoms with Crippen molar-refractivity contribution in [2.24, 2.45) is 0 Å². The molecule has 14 heteroatoms. The summed E-state index contributed by atoms with van der Waals surface area (Å²) in [6.45, 7) is 3.74. The first kappa shape index (κ1) is 23.1. The predicted molar refractivity (Wildman–Crippen MR) is 119 cm³/mol. The van der Waals surface area contributed by atoms with Gasteiger partial charge in [0, 0.05) is 47.9 Å². The fraction of sp³-hybridized carbons (Fsp3) is 0.200. The number of pyridine rings is 2. The molecule has 10 nitrogen and oxygen atoms in total. The Morgan fingerprint density at radius 2 is 1.94 bits per heavy atom. The van der Waals surface area contributed by atoms with Gasteiger partial charge in [-0.2, -0.15) is 13.2 Å². The van der Waals surface area contributed by atoms with Crippen LogP contribution in [-0.2, 0) is 6.18 Å². The van der Waals surface area contributed by atoms with Crippen LogP contribution >= 0.6 is 11.3 Å². The highest BCUT2D eigenvalue weighted by molar-refractivity contribution is 7.13. The van der Waals surface area contributed by atoms with E-state index in [9.17, 15) is 18.0 Å². The Hall–Kier alpha value is -4.07. The number of thiazole rings is 1. The van der Waals surface area contributed by atoms with Crippen LogP contribution in [0.15, 0.2) is 34.3 Å². The van der Waals surface area contributed by atoms with Crippen LogP contribution < -0.4 is 16.4 Å². The standard InChI is InChI=1S/C20H17F3N8O2S/c1-3-25-19(32)29-15-5-11(18-28-14(8-34-18)20(21,22)23)13(7-26-15)10-4-12(16(24)27-6-10)17-31-30-9(2)33-17/h4-8H,3H2,1-2H3,(H2,24,27)(H2,25,26,29,32). The summed E-state index contributed by atoms with van der Waals surface area (Å²) in [5.41, 5.74) is 6.49. The van der Waals surface area contributed by atoms with E-state index in [4.69, 9.17) is 10.2 Å². The predicted octanol–water partition coefficient (Wildman–Crippen LogP) is 4.37. The number of carbonyl (C=O) groups excluding carboxylic acids is 1. The molecule has 0 saturated heterocycles. The Morgan fingerprint density at radius 1 is 1.15 bits per heavy atom. The number of alkyl halides is 3. The molecule has 0 aliphatic carbocycles. The highest BCUT2D eigenvalue weighted by Gasteiger charge is 2.34. The average Bonchev–Trinajstić information content (AvgIpc) is 3.44. The van der Waals surface area contributed by atoms with Crippen molar-refractivity contribution in [3.63, 3.8) is 0 Å². The number of aryl methyl sites for hydroxylation is 1. The van der Waals surface area contributed by atoms with Crippen molar-refractivity contribution in [2.45, 2.75) is 20.0 Å². The van der Waals surface area contributed by atoms with Crippen LogP contribution in [0.4, 0.5) is 29.6 Å². The highest BCUT2D eigenvalue weighted by Crippen LogP contribution is 2.39. The molecule has 0 aromatic carbocycles. The molecule has 0 spiro atoms. The van der Waals surface area contributed by atoms with E-state index in [0.717, 1.165) is 16.7 Å². The molecule has 4 rings (SSSR count). The van der Waals surface area contributed by atoms with Gasteiger partial charge in [0.1, 0.15) is 16.6 Å². The number of hydrogen-bond donors (Lipinski definition) is 3. The Morgan fingerprint density at radius 3 is 2.59 bits per heavy atom. The number of anilines is 2. The van der Waals surface area contributed by atoms with Crippen molar-refractivity contribution in [1.29, 1.82) is 0 Å². The summed E-state index contributed by atoms with van der Waals surface area (Å²) in [5, 5.41) is 13.8. The minimum atomic E-state index is -4.60. The highest BCUT2D eigenvalue weighted by atomic mass is 32.1. The van der Waals surface area contributed by atoms with E-state index in [-0.39, 0.29) is 22.5 Å². The molecule has 2 amide bonds. The van der Waals surface area contributed by atoms with Crippen molar-refractivity contribution >= 4 is 29.0 Å². The van der Waals surface area contributed by atoms with Crippen LogP contribution in [0.5, 0.6) is 0 Å². The second-order valence-corrected chi connectivity index (χ2v) is 7.78. The van der Waals surface area contributed by atoms with Crippen LogP contribution in [-0.4, -0.2) is 37.7 Å². The summed E-state index contributed by atoms with van der Waals surface area (Å²) in [7, 11) is 0. The van der Waals surface area contributed by atoms with Crippen molar-refractivity contribution < 1.29 is 22.4 Å². The molecule has 176 valence electrons. The summed E-state index contributed by atoms with van der Waals surface area (Å²) < 4.78 is 45.0. The summed E-state index contributed by atoms with van der Waals surface area (Å²) in [6.07, 6.45) is -1.75. The zero-order valence-corrected chi connectivity index (χ0v) is 18.6. The van der Waals surface area contributed by atoms with Crippen LogP contribution in [0.2, 0.25) is 0 Å². The molecule has 0 aliphatic heterocycles. The maximum atomic E-state index is 13.2. The number of aromatic nitrogens is 5. The minimum Gasteiger partial charge on any atom is -0.421 e. The maximum absolute atomic E-state index is 13.2. The van der Waals surface area contributed by atoms with E-state index in [1.54, 1.807) is 19.9 Å². The average molecular weight is 490 g/mol. The number of nitrogen functional groups attached to an aromatic ring is 1. The molecule has 0 radical (unpaired) electrons. The largest absolute Gasteiger partial charge is 0.434 e. The van der Waals surface area contributed by atoms with E-state index in [0.29, 0.717) is 34.7 Å². The molecule has 4 N–H and O–H groups in total. The van der Waals surface area contributed by atoms with E-state index in [2.05, 4.69) is 35.8 Å². The van der Waals surface area contributed by atoms with Gasteiger partial charge in [0.2, 0.25) is 5.89 Å². The number of rotatable bonds is 5. The van der Waals surface area contributed by atoms with E-state index in [1.165, 1.54) is 18.5 Å². The zero-order chi connectivity index (χ0) is 24.5. The molecule has 0 unspecified atom stereocenters. The van der Waals surface area contributed by atoms with Crippen LogP contribution in [0, 0.1) is 6.92 Å². The van der Waals surface area contributed by atoms with Gasteiger partial charge in [-0.1, -0.05) is 0 Å². The third-order valence-electron chi connectivity index (χ3n) is 4.49. The Kier molecular flexibility index (Phi) is 6.15. The molecule has 4 heterocycles. The lowest BCUT2D eigenvalue weighted by molar-refractivity contribution is -0.140. The summed E-state index contributed by atoms with van der Waals surface area (Å²) in [6, 6.07) is 2.55. The quantitative estimate of drug-likeness (QED) is 0.374. The van der Waals surface area contributed by atoms with Crippen molar-refractivity contribution in [2.75, 3.05) is 17.6 Å². The number of nitrogens with two attached hydrogens (primary N) is 1. The van der Waals surface area contributed by atoms with Crippen molar-refractivity contribution in [1.82, 2.24) is 30.5 Å². The number of nitrogens with one attached hydrogen (secondary N) is 2. The van der Waals surface area contributed by atoms with Crippen LogP contribution in [0.25, 0.3) is 33.2 Å². The third kappa shape index (κ3) is 4.80. The molecule has 34 heavy (non-hydrogen) atoms. The van der Waals surface area contributed by atoms with Crippen LogP contribution in [0.1, 0.15) is 18.5 Å². The van der Waals surface area contributed by atoms with E-state index in [1.807, 2.05) is 0 Å². The maximum Gasteiger partial charge on any atom is 0.434 e. The van der Waals surface area contributed by atoms with Gasteiger partial charge in [-0.15, -0.1) is 21.5 Å². The number of nitrogens with zero attached hydrogens (tertiary/aromatic N) is 5. The molecule has 0 atom stereocenters.